The fourth-order valence-corrected chi connectivity index (χ4v) is 4.14. The van der Waals surface area contributed by atoms with Gasteiger partial charge in [0.1, 0.15) is 5.75 Å². The zero-order valence-electron chi connectivity index (χ0n) is 20.0. The number of hydrogen-bond acceptors (Lipinski definition) is 4. The quantitative estimate of drug-likeness (QED) is 0.249. The molecule has 0 radical (unpaired) electrons. The summed E-state index contributed by atoms with van der Waals surface area (Å²) in [7, 11) is 0. The molecule has 0 saturated carbocycles. The van der Waals surface area contributed by atoms with Crippen molar-refractivity contribution < 1.29 is 14.6 Å². The van der Waals surface area contributed by atoms with E-state index in [-0.39, 0.29) is 17.9 Å². The number of carbonyl (C=O) groups is 1. The van der Waals surface area contributed by atoms with Crippen LogP contribution < -0.4 is 4.74 Å². The molecular weight excluding hydrogens is 482 g/mol. The Morgan fingerprint density at radius 1 is 1.15 bits per heavy atom. The van der Waals surface area contributed by atoms with Crippen molar-refractivity contribution in [2.75, 3.05) is 6.61 Å². The number of unbranched alkanes of at least 4 members (excludes halogenated alkanes) is 2. The number of rotatable bonds is 8. The third kappa shape index (κ3) is 6.02. The lowest BCUT2D eigenvalue weighted by atomic mass is 9.86. The Bertz CT molecular complexity index is 1180. The highest BCUT2D eigenvalue weighted by Crippen LogP contribution is 2.40. The second-order valence-electron chi connectivity index (χ2n) is 9.32. The molecule has 6 nitrogen and oxygen atoms in total. The van der Waals surface area contributed by atoms with Crippen LogP contribution in [0.25, 0.3) is 10.9 Å². The molecule has 176 valence electrons. The number of benzene rings is 2. The molecule has 3 aromatic rings. The Morgan fingerprint density at radius 3 is 2.61 bits per heavy atom. The van der Waals surface area contributed by atoms with Crippen LogP contribution in [0.3, 0.4) is 0 Å². The zero-order valence-corrected chi connectivity index (χ0v) is 21.6. The third-order valence-corrected chi connectivity index (χ3v) is 6.01. The third-order valence-electron chi connectivity index (χ3n) is 5.52. The number of fused-ring (bicyclic) bond motifs is 1. The highest BCUT2D eigenvalue weighted by Gasteiger charge is 2.20. The smallest absolute Gasteiger partial charge is 0.302 e. The van der Waals surface area contributed by atoms with Gasteiger partial charge in [-0.05, 0) is 54.2 Å². The first kappa shape index (κ1) is 25.0. The van der Waals surface area contributed by atoms with Gasteiger partial charge >= 0.3 is 5.91 Å². The first-order chi connectivity index (χ1) is 15.6. The van der Waals surface area contributed by atoms with Gasteiger partial charge in [-0.1, -0.05) is 68.6 Å². The molecule has 0 spiro atoms. The van der Waals surface area contributed by atoms with Gasteiger partial charge in [-0.15, -0.1) is 10.2 Å². The fraction of sp³-hybridized carbons (Fsp3) is 0.423. The molecular formula is C26H32BrN3O3. The highest BCUT2D eigenvalue weighted by atomic mass is 79.9. The molecule has 0 aliphatic carbocycles. The number of hydrogen-bond donors (Lipinski definition) is 1. The van der Waals surface area contributed by atoms with Gasteiger partial charge in [0.2, 0.25) is 5.88 Å². The molecule has 1 N–H and O–H groups in total. The minimum Gasteiger partial charge on any atom is -0.493 e. The van der Waals surface area contributed by atoms with Gasteiger partial charge in [0.15, 0.2) is 12.3 Å². The maximum absolute atomic E-state index is 12.5. The number of azo groups is 1. The minimum atomic E-state index is -0.516. The molecule has 0 bridgehead atoms. The standard InChI is InChI=1S/C26H32BrN3O3/c1-6-7-8-13-30-21-12-10-18(27)15-19(21)24(25(30)32)29-28-23(31)16-33-22-14-17(2)9-11-20(22)26(3,4)5/h9-12,14-15,32H,6-8,13,16H2,1-5H3. The van der Waals surface area contributed by atoms with Crippen LogP contribution >= 0.6 is 15.9 Å². The van der Waals surface area contributed by atoms with Crippen molar-refractivity contribution in [3.63, 3.8) is 0 Å². The maximum atomic E-state index is 12.5. The largest absolute Gasteiger partial charge is 0.493 e. The number of aryl methyl sites for hydroxylation is 2. The summed E-state index contributed by atoms with van der Waals surface area (Å²) in [6.07, 6.45) is 3.10. The number of aromatic nitrogens is 1. The van der Waals surface area contributed by atoms with Crippen molar-refractivity contribution in [2.45, 2.75) is 65.8 Å². The molecule has 0 aliphatic rings. The Kier molecular flexibility index (Phi) is 7.95. The summed E-state index contributed by atoms with van der Waals surface area (Å²) >= 11 is 3.47. The summed E-state index contributed by atoms with van der Waals surface area (Å²) in [5.74, 6) is 0.174. The molecule has 2 aromatic carbocycles. The summed E-state index contributed by atoms with van der Waals surface area (Å²) in [5.41, 5.74) is 3.11. The number of halogens is 1. The molecule has 0 atom stereocenters. The Balaban J connectivity index is 1.82. The molecule has 33 heavy (non-hydrogen) atoms. The van der Waals surface area contributed by atoms with Gasteiger partial charge in [-0.2, -0.15) is 0 Å². The van der Waals surface area contributed by atoms with E-state index >= 15 is 0 Å². The van der Waals surface area contributed by atoms with Crippen molar-refractivity contribution in [1.82, 2.24) is 4.57 Å². The van der Waals surface area contributed by atoms with Crippen LogP contribution in [0.15, 0.2) is 51.1 Å². The van der Waals surface area contributed by atoms with Crippen LogP contribution in [0.1, 0.15) is 58.1 Å². The van der Waals surface area contributed by atoms with E-state index in [2.05, 4.69) is 53.9 Å². The number of aromatic hydroxyl groups is 1. The van der Waals surface area contributed by atoms with E-state index in [0.29, 0.717) is 18.0 Å². The van der Waals surface area contributed by atoms with Crippen LogP contribution in [0.2, 0.25) is 0 Å². The molecule has 1 heterocycles. The highest BCUT2D eigenvalue weighted by molar-refractivity contribution is 9.10. The van der Waals surface area contributed by atoms with Crippen LogP contribution in [0, 0.1) is 6.92 Å². The first-order valence-corrected chi connectivity index (χ1v) is 12.1. The first-order valence-electron chi connectivity index (χ1n) is 11.3. The van der Waals surface area contributed by atoms with Crippen molar-refractivity contribution in [3.8, 4) is 11.6 Å². The molecule has 7 heteroatoms. The van der Waals surface area contributed by atoms with E-state index in [4.69, 9.17) is 4.74 Å². The van der Waals surface area contributed by atoms with E-state index in [1.54, 1.807) is 0 Å². The van der Waals surface area contributed by atoms with Gasteiger partial charge in [-0.25, -0.2) is 0 Å². The topological polar surface area (TPSA) is 76.2 Å². The number of ether oxygens (including phenoxy) is 1. The van der Waals surface area contributed by atoms with Crippen molar-refractivity contribution in [2.24, 2.45) is 10.2 Å². The summed E-state index contributed by atoms with van der Waals surface area (Å²) in [6.45, 7) is 10.9. The van der Waals surface area contributed by atoms with E-state index in [0.717, 1.165) is 45.8 Å². The summed E-state index contributed by atoms with van der Waals surface area (Å²) in [5, 5.41) is 19.5. The molecule has 0 fully saturated rings. The molecule has 0 aliphatic heterocycles. The average molecular weight is 514 g/mol. The summed E-state index contributed by atoms with van der Waals surface area (Å²) in [6, 6.07) is 11.7. The predicted molar refractivity (Wildman–Crippen MR) is 136 cm³/mol. The minimum absolute atomic E-state index is 0.0189. The van der Waals surface area contributed by atoms with Crippen LogP contribution in [-0.2, 0) is 16.8 Å². The predicted octanol–water partition coefficient (Wildman–Crippen LogP) is 7.59. The van der Waals surface area contributed by atoms with Crippen molar-refractivity contribution >= 4 is 38.4 Å². The SMILES string of the molecule is CCCCCn1c(O)c(N=NC(=O)COc2cc(C)ccc2C(C)(C)C)c2cc(Br)ccc21. The normalized spacial score (nSPS) is 12.1. The Hall–Kier alpha value is -2.67. The number of amides is 1. The van der Waals surface area contributed by atoms with Crippen LogP contribution in [0.5, 0.6) is 11.6 Å². The number of nitrogens with zero attached hydrogens (tertiary/aromatic N) is 3. The fourth-order valence-electron chi connectivity index (χ4n) is 3.78. The van der Waals surface area contributed by atoms with Crippen molar-refractivity contribution in [1.29, 1.82) is 0 Å². The van der Waals surface area contributed by atoms with Gasteiger partial charge in [0.25, 0.3) is 0 Å². The molecule has 1 aromatic heterocycles. The van der Waals surface area contributed by atoms with Gasteiger partial charge < -0.3 is 14.4 Å². The van der Waals surface area contributed by atoms with Crippen LogP contribution in [-0.4, -0.2) is 22.2 Å². The number of carbonyl (C=O) groups excluding carboxylic acids is 1. The van der Waals surface area contributed by atoms with Gasteiger partial charge in [0, 0.05) is 16.4 Å². The second kappa shape index (κ2) is 10.5. The van der Waals surface area contributed by atoms with Gasteiger partial charge in [-0.3, -0.25) is 4.79 Å². The zero-order chi connectivity index (χ0) is 24.2. The maximum Gasteiger partial charge on any atom is 0.302 e. The summed E-state index contributed by atoms with van der Waals surface area (Å²) in [4.78, 5) is 12.5. The van der Waals surface area contributed by atoms with E-state index in [1.165, 1.54) is 0 Å². The second-order valence-corrected chi connectivity index (χ2v) is 10.2. The molecule has 1 amide bonds. The van der Waals surface area contributed by atoms with E-state index in [1.807, 2.05) is 47.9 Å². The lowest BCUT2D eigenvalue weighted by Crippen LogP contribution is -2.16. The van der Waals surface area contributed by atoms with Crippen LogP contribution in [0.4, 0.5) is 5.69 Å². The molecule has 0 unspecified atom stereocenters. The van der Waals surface area contributed by atoms with E-state index < -0.39 is 5.91 Å². The van der Waals surface area contributed by atoms with E-state index in [9.17, 15) is 9.90 Å². The average Bonchev–Trinajstić information content (AvgIpc) is 3.00. The lowest BCUT2D eigenvalue weighted by molar-refractivity contribution is -0.120. The monoisotopic (exact) mass is 513 g/mol. The Morgan fingerprint density at radius 2 is 1.91 bits per heavy atom. The molecule has 0 saturated heterocycles. The Labute approximate surface area is 203 Å². The van der Waals surface area contributed by atoms with Gasteiger partial charge in [0.05, 0.1) is 5.52 Å². The summed E-state index contributed by atoms with van der Waals surface area (Å²) < 4.78 is 8.51. The lowest BCUT2D eigenvalue weighted by Gasteiger charge is -2.22. The molecule has 3 rings (SSSR count). The van der Waals surface area contributed by atoms with Crippen molar-refractivity contribution in [3.05, 3.63) is 52.0 Å².